The summed E-state index contributed by atoms with van der Waals surface area (Å²) >= 11 is 0. The summed E-state index contributed by atoms with van der Waals surface area (Å²) < 4.78 is 0. The molecule has 0 aromatic heterocycles. The third-order valence-electron chi connectivity index (χ3n) is 2.14. The summed E-state index contributed by atoms with van der Waals surface area (Å²) in [5.41, 5.74) is 0. The quantitative estimate of drug-likeness (QED) is 0.445. The summed E-state index contributed by atoms with van der Waals surface area (Å²) in [6, 6.07) is 0. The maximum absolute atomic E-state index is 10.3. The van der Waals surface area contributed by atoms with Gasteiger partial charge in [-0.1, -0.05) is 18.6 Å². The molecule has 0 atom stereocenters. The van der Waals surface area contributed by atoms with E-state index in [9.17, 15) is 4.79 Å². The van der Waals surface area contributed by atoms with Crippen molar-refractivity contribution in [1.29, 1.82) is 0 Å². The Labute approximate surface area is 92.1 Å². The highest BCUT2D eigenvalue weighted by atomic mass is 16.4. The van der Waals surface area contributed by atoms with Crippen LogP contribution in [-0.4, -0.2) is 35.6 Å². The highest BCUT2D eigenvalue weighted by Gasteiger charge is 2.01. The Morgan fingerprint density at radius 2 is 1.73 bits per heavy atom. The molecule has 0 fully saturated rings. The van der Waals surface area contributed by atoms with E-state index < -0.39 is 5.97 Å². The Bertz CT molecular complexity index is 192. The molecular formula is C12H21NO2. The number of carboxylic acids is 1. The molecule has 0 radical (unpaired) electrons. The molecule has 0 spiro atoms. The zero-order valence-corrected chi connectivity index (χ0v) is 9.32. The van der Waals surface area contributed by atoms with E-state index in [1.54, 1.807) is 0 Å². The van der Waals surface area contributed by atoms with Crippen LogP contribution in [0.4, 0.5) is 0 Å². The molecule has 0 aliphatic carbocycles. The summed E-state index contributed by atoms with van der Waals surface area (Å²) in [6.07, 6.45) is 6.81. The van der Waals surface area contributed by atoms with Gasteiger partial charge in [0.05, 0.1) is 0 Å². The van der Waals surface area contributed by atoms with E-state index in [1.165, 1.54) is 0 Å². The molecule has 0 unspecified atom stereocenters. The van der Waals surface area contributed by atoms with E-state index in [1.807, 2.05) is 12.2 Å². The second-order valence-electron chi connectivity index (χ2n) is 3.54. The third kappa shape index (κ3) is 9.22. The molecule has 0 aromatic carbocycles. The number of nitrogens with zero attached hydrogens (tertiary/aromatic N) is 1. The number of unbranched alkanes of at least 4 members (excludes halogenated alkanes) is 2. The van der Waals surface area contributed by atoms with Crippen LogP contribution in [0.5, 0.6) is 0 Å². The third-order valence-corrected chi connectivity index (χ3v) is 2.14. The van der Waals surface area contributed by atoms with Crippen molar-refractivity contribution in [3.8, 4) is 0 Å². The summed E-state index contributed by atoms with van der Waals surface area (Å²) in [4.78, 5) is 12.5. The number of aliphatic carboxylic acids is 1. The highest BCUT2D eigenvalue weighted by molar-refractivity contribution is 5.66. The molecule has 0 aliphatic rings. The fraction of sp³-hybridized carbons (Fsp3) is 0.583. The van der Waals surface area contributed by atoms with Gasteiger partial charge in [0, 0.05) is 19.5 Å². The number of hydrogen-bond donors (Lipinski definition) is 1. The molecule has 15 heavy (non-hydrogen) atoms. The van der Waals surface area contributed by atoms with Crippen molar-refractivity contribution in [2.45, 2.75) is 25.7 Å². The monoisotopic (exact) mass is 211 g/mol. The molecule has 0 amide bonds. The van der Waals surface area contributed by atoms with Crippen LogP contribution in [0.15, 0.2) is 25.3 Å². The standard InChI is InChI=1S/C12H21NO2/c1-3-9-13(10-4-2)11-7-5-6-8-12(14)15/h3-4H,1-2,5-11H2,(H,14,15). The average Bonchev–Trinajstić information content (AvgIpc) is 2.17. The van der Waals surface area contributed by atoms with Crippen molar-refractivity contribution in [2.24, 2.45) is 0 Å². The fourth-order valence-corrected chi connectivity index (χ4v) is 1.41. The molecule has 86 valence electrons. The average molecular weight is 211 g/mol. The Morgan fingerprint density at radius 1 is 1.13 bits per heavy atom. The van der Waals surface area contributed by atoms with Crippen LogP contribution in [0.3, 0.4) is 0 Å². The van der Waals surface area contributed by atoms with Gasteiger partial charge in [0.15, 0.2) is 0 Å². The van der Waals surface area contributed by atoms with Gasteiger partial charge in [0.1, 0.15) is 0 Å². The topological polar surface area (TPSA) is 40.5 Å². The lowest BCUT2D eigenvalue weighted by molar-refractivity contribution is -0.137. The first-order chi connectivity index (χ1) is 7.20. The number of carboxylic acid groups (broad SMARTS) is 1. The minimum absolute atomic E-state index is 0.281. The van der Waals surface area contributed by atoms with Crippen molar-refractivity contribution in [1.82, 2.24) is 4.90 Å². The van der Waals surface area contributed by atoms with E-state index in [4.69, 9.17) is 5.11 Å². The highest BCUT2D eigenvalue weighted by Crippen LogP contribution is 2.02. The van der Waals surface area contributed by atoms with Gasteiger partial charge in [-0.3, -0.25) is 9.69 Å². The summed E-state index contributed by atoms with van der Waals surface area (Å²) in [6.45, 7) is 10.1. The molecular weight excluding hydrogens is 190 g/mol. The van der Waals surface area contributed by atoms with E-state index in [2.05, 4.69) is 18.1 Å². The van der Waals surface area contributed by atoms with Crippen LogP contribution in [0, 0.1) is 0 Å². The second-order valence-corrected chi connectivity index (χ2v) is 3.54. The Hall–Kier alpha value is -1.09. The van der Waals surface area contributed by atoms with Gasteiger partial charge in [-0.15, -0.1) is 13.2 Å². The van der Waals surface area contributed by atoms with Gasteiger partial charge in [0.25, 0.3) is 0 Å². The van der Waals surface area contributed by atoms with Crippen LogP contribution in [0.25, 0.3) is 0 Å². The van der Waals surface area contributed by atoms with E-state index >= 15 is 0 Å². The SMILES string of the molecule is C=CCN(CC=C)CCCCCC(=O)O. The smallest absolute Gasteiger partial charge is 0.303 e. The van der Waals surface area contributed by atoms with Crippen LogP contribution in [0.2, 0.25) is 0 Å². The van der Waals surface area contributed by atoms with Crippen molar-refractivity contribution in [2.75, 3.05) is 19.6 Å². The first-order valence-electron chi connectivity index (χ1n) is 5.36. The maximum atomic E-state index is 10.3. The van der Waals surface area contributed by atoms with Gasteiger partial charge in [-0.2, -0.15) is 0 Å². The lowest BCUT2D eigenvalue weighted by Gasteiger charge is -2.18. The van der Waals surface area contributed by atoms with Gasteiger partial charge in [0.2, 0.25) is 0 Å². The molecule has 3 heteroatoms. The lowest BCUT2D eigenvalue weighted by Crippen LogP contribution is -2.25. The molecule has 3 nitrogen and oxygen atoms in total. The van der Waals surface area contributed by atoms with Crippen molar-refractivity contribution >= 4 is 5.97 Å². The number of rotatable bonds is 10. The lowest BCUT2D eigenvalue weighted by atomic mass is 10.2. The largest absolute Gasteiger partial charge is 0.481 e. The Balaban J connectivity index is 3.47. The predicted octanol–water partition coefficient (Wildman–Crippen LogP) is 2.31. The second kappa shape index (κ2) is 9.46. The number of carbonyl (C=O) groups is 1. The van der Waals surface area contributed by atoms with Gasteiger partial charge in [-0.05, 0) is 19.4 Å². The molecule has 0 heterocycles. The minimum atomic E-state index is -0.705. The normalized spacial score (nSPS) is 10.2. The molecule has 0 aliphatic heterocycles. The van der Waals surface area contributed by atoms with Gasteiger partial charge >= 0.3 is 5.97 Å². The van der Waals surface area contributed by atoms with Crippen LogP contribution >= 0.6 is 0 Å². The van der Waals surface area contributed by atoms with E-state index in [0.717, 1.165) is 38.9 Å². The van der Waals surface area contributed by atoms with Crippen LogP contribution in [0.1, 0.15) is 25.7 Å². The van der Waals surface area contributed by atoms with Crippen LogP contribution < -0.4 is 0 Å². The fourth-order valence-electron chi connectivity index (χ4n) is 1.41. The van der Waals surface area contributed by atoms with E-state index in [-0.39, 0.29) is 6.42 Å². The molecule has 0 aromatic rings. The Kier molecular flexibility index (Phi) is 8.78. The minimum Gasteiger partial charge on any atom is -0.481 e. The molecule has 0 rings (SSSR count). The van der Waals surface area contributed by atoms with Crippen LogP contribution in [-0.2, 0) is 4.79 Å². The van der Waals surface area contributed by atoms with Crippen molar-refractivity contribution in [3.05, 3.63) is 25.3 Å². The summed E-state index contributed by atoms with van der Waals surface area (Å²) in [7, 11) is 0. The Morgan fingerprint density at radius 3 is 2.20 bits per heavy atom. The van der Waals surface area contributed by atoms with Crippen molar-refractivity contribution < 1.29 is 9.90 Å². The zero-order valence-electron chi connectivity index (χ0n) is 9.32. The molecule has 0 saturated heterocycles. The van der Waals surface area contributed by atoms with Gasteiger partial charge in [-0.25, -0.2) is 0 Å². The molecule has 1 N–H and O–H groups in total. The van der Waals surface area contributed by atoms with E-state index in [0.29, 0.717) is 0 Å². The molecule has 0 bridgehead atoms. The predicted molar refractivity (Wildman–Crippen MR) is 62.9 cm³/mol. The van der Waals surface area contributed by atoms with Crippen molar-refractivity contribution in [3.63, 3.8) is 0 Å². The summed E-state index contributed by atoms with van der Waals surface area (Å²) in [5, 5.41) is 8.45. The summed E-state index contributed by atoms with van der Waals surface area (Å²) in [5.74, 6) is -0.705. The first kappa shape index (κ1) is 13.9. The zero-order chi connectivity index (χ0) is 11.5. The number of hydrogen-bond acceptors (Lipinski definition) is 2. The first-order valence-corrected chi connectivity index (χ1v) is 5.36. The van der Waals surface area contributed by atoms with Gasteiger partial charge < -0.3 is 5.11 Å². The molecule has 0 saturated carbocycles. The maximum Gasteiger partial charge on any atom is 0.303 e.